The van der Waals surface area contributed by atoms with E-state index in [1.54, 1.807) is 24.3 Å². The number of carbonyl (C=O) groups excluding carboxylic acids is 2. The van der Waals surface area contributed by atoms with Crippen molar-refractivity contribution in [2.45, 2.75) is 4.90 Å². The molecule has 0 saturated carbocycles. The topological polar surface area (TPSA) is 86.8 Å². The summed E-state index contributed by atoms with van der Waals surface area (Å²) in [4.78, 5) is 25.7. The van der Waals surface area contributed by atoms with Gasteiger partial charge in [-0.25, -0.2) is 8.42 Å². The fraction of sp³-hybridized carbons (Fsp3) is 0.222. The predicted molar refractivity (Wildman–Crippen MR) is 109 cm³/mol. The monoisotopic (exact) mass is 443 g/mol. The third-order valence-electron chi connectivity index (χ3n) is 3.82. The van der Waals surface area contributed by atoms with Crippen molar-refractivity contribution in [3.05, 3.63) is 58.6 Å². The number of rotatable bonds is 7. The fourth-order valence-corrected chi connectivity index (χ4v) is 3.69. The Balaban J connectivity index is 1.94. The van der Waals surface area contributed by atoms with Gasteiger partial charge in [0.25, 0.3) is 0 Å². The minimum atomic E-state index is -3.80. The molecule has 150 valence electrons. The van der Waals surface area contributed by atoms with Crippen molar-refractivity contribution >= 4 is 50.7 Å². The summed E-state index contributed by atoms with van der Waals surface area (Å²) in [5, 5.41) is 3.24. The van der Waals surface area contributed by atoms with E-state index in [0.29, 0.717) is 10.7 Å². The molecule has 2 amide bonds. The van der Waals surface area contributed by atoms with Crippen LogP contribution in [0, 0.1) is 0 Å². The SMILES string of the molecule is CN(CC(=O)Nc1ccc(Cl)c(Cl)c1)C(=O)CN(C)S(=O)(=O)c1ccccc1. The fourth-order valence-electron chi connectivity index (χ4n) is 2.25. The lowest BCUT2D eigenvalue weighted by Gasteiger charge is -2.21. The molecule has 0 unspecified atom stereocenters. The maximum Gasteiger partial charge on any atom is 0.243 e. The first-order valence-corrected chi connectivity index (χ1v) is 10.3. The molecular formula is C18H19Cl2N3O4S. The molecule has 2 aromatic rings. The van der Waals surface area contributed by atoms with E-state index < -0.39 is 28.4 Å². The van der Waals surface area contributed by atoms with Gasteiger partial charge in [0.15, 0.2) is 0 Å². The van der Waals surface area contributed by atoms with E-state index >= 15 is 0 Å². The number of halogens is 2. The summed E-state index contributed by atoms with van der Waals surface area (Å²) in [6, 6.07) is 12.4. The van der Waals surface area contributed by atoms with E-state index in [0.717, 1.165) is 9.21 Å². The van der Waals surface area contributed by atoms with Crippen molar-refractivity contribution in [2.24, 2.45) is 0 Å². The average Bonchev–Trinajstić information content (AvgIpc) is 2.65. The van der Waals surface area contributed by atoms with Gasteiger partial charge in [0, 0.05) is 19.8 Å². The number of nitrogens with one attached hydrogen (secondary N) is 1. The van der Waals surface area contributed by atoms with Crippen LogP contribution in [0.1, 0.15) is 0 Å². The van der Waals surface area contributed by atoms with E-state index in [-0.39, 0.29) is 16.5 Å². The van der Waals surface area contributed by atoms with Gasteiger partial charge < -0.3 is 10.2 Å². The average molecular weight is 444 g/mol. The number of nitrogens with zero attached hydrogens (tertiary/aromatic N) is 2. The molecule has 7 nitrogen and oxygen atoms in total. The minimum absolute atomic E-state index is 0.0883. The molecule has 0 aliphatic rings. The predicted octanol–water partition coefficient (Wildman–Crippen LogP) is 2.71. The third-order valence-corrected chi connectivity index (χ3v) is 6.38. The van der Waals surface area contributed by atoms with Gasteiger partial charge in [0.05, 0.1) is 28.0 Å². The zero-order valence-electron chi connectivity index (χ0n) is 15.2. The van der Waals surface area contributed by atoms with Gasteiger partial charge in [-0.1, -0.05) is 41.4 Å². The maximum atomic E-state index is 12.5. The minimum Gasteiger partial charge on any atom is -0.335 e. The summed E-state index contributed by atoms with van der Waals surface area (Å²) in [7, 11) is -1.07. The molecule has 28 heavy (non-hydrogen) atoms. The van der Waals surface area contributed by atoms with E-state index in [2.05, 4.69) is 5.32 Å². The van der Waals surface area contributed by atoms with Crippen LogP contribution in [0.25, 0.3) is 0 Å². The van der Waals surface area contributed by atoms with Crippen LogP contribution in [0.2, 0.25) is 10.0 Å². The van der Waals surface area contributed by atoms with Crippen molar-refractivity contribution in [1.82, 2.24) is 9.21 Å². The number of anilines is 1. The number of carbonyl (C=O) groups is 2. The van der Waals surface area contributed by atoms with Crippen molar-refractivity contribution in [1.29, 1.82) is 0 Å². The lowest BCUT2D eigenvalue weighted by Crippen LogP contribution is -2.42. The quantitative estimate of drug-likeness (QED) is 0.712. The van der Waals surface area contributed by atoms with Crippen LogP contribution in [0.3, 0.4) is 0 Å². The van der Waals surface area contributed by atoms with Gasteiger partial charge in [0.2, 0.25) is 21.8 Å². The molecule has 0 spiro atoms. The van der Waals surface area contributed by atoms with E-state index in [4.69, 9.17) is 23.2 Å². The lowest BCUT2D eigenvalue weighted by atomic mass is 10.3. The van der Waals surface area contributed by atoms with Crippen molar-refractivity contribution in [3.63, 3.8) is 0 Å². The molecule has 0 aromatic heterocycles. The van der Waals surface area contributed by atoms with Crippen LogP contribution in [0.5, 0.6) is 0 Å². The highest BCUT2D eigenvalue weighted by Gasteiger charge is 2.24. The second kappa shape index (κ2) is 9.38. The van der Waals surface area contributed by atoms with Gasteiger partial charge in [0.1, 0.15) is 0 Å². The Kier molecular flexibility index (Phi) is 7.42. The molecule has 2 rings (SSSR count). The van der Waals surface area contributed by atoms with Crippen molar-refractivity contribution in [2.75, 3.05) is 32.5 Å². The van der Waals surface area contributed by atoms with Gasteiger partial charge >= 0.3 is 0 Å². The molecular weight excluding hydrogens is 425 g/mol. The van der Waals surface area contributed by atoms with Crippen LogP contribution in [-0.2, 0) is 19.6 Å². The van der Waals surface area contributed by atoms with Crippen LogP contribution < -0.4 is 5.32 Å². The van der Waals surface area contributed by atoms with E-state index in [1.807, 2.05) is 0 Å². The van der Waals surface area contributed by atoms with E-state index in [1.165, 1.54) is 38.4 Å². The Morgan fingerprint density at radius 2 is 1.61 bits per heavy atom. The Morgan fingerprint density at radius 3 is 2.21 bits per heavy atom. The third kappa shape index (κ3) is 5.68. The van der Waals surface area contributed by atoms with E-state index in [9.17, 15) is 18.0 Å². The Hall–Kier alpha value is -2.13. The van der Waals surface area contributed by atoms with Gasteiger partial charge in [-0.15, -0.1) is 0 Å². The maximum absolute atomic E-state index is 12.5. The summed E-state index contributed by atoms with van der Waals surface area (Å²) in [5.41, 5.74) is 0.434. The standard InChI is InChI=1S/C18H19Cl2N3O4S/c1-22(11-17(24)21-13-8-9-15(19)16(20)10-13)18(25)12-23(2)28(26,27)14-6-4-3-5-7-14/h3-10H,11-12H2,1-2H3,(H,21,24). The molecule has 0 saturated heterocycles. The summed E-state index contributed by atoms with van der Waals surface area (Å²) in [6.45, 7) is -0.647. The van der Waals surface area contributed by atoms with Crippen molar-refractivity contribution in [3.8, 4) is 0 Å². The molecule has 0 aliphatic heterocycles. The molecule has 0 fully saturated rings. The highest BCUT2D eigenvalue weighted by molar-refractivity contribution is 7.89. The summed E-state index contributed by atoms with van der Waals surface area (Å²) >= 11 is 11.7. The van der Waals surface area contributed by atoms with Gasteiger partial charge in [-0.3, -0.25) is 9.59 Å². The van der Waals surface area contributed by atoms with Crippen LogP contribution in [-0.4, -0.2) is 56.6 Å². The largest absolute Gasteiger partial charge is 0.335 e. The number of hydrogen-bond acceptors (Lipinski definition) is 4. The first kappa shape index (κ1) is 22.2. The summed E-state index contributed by atoms with van der Waals surface area (Å²) < 4.78 is 25.9. The Bertz CT molecular complexity index is 968. The highest BCUT2D eigenvalue weighted by atomic mass is 35.5. The second-order valence-electron chi connectivity index (χ2n) is 6.00. The molecule has 0 heterocycles. The Labute approximate surface area is 173 Å². The summed E-state index contributed by atoms with van der Waals surface area (Å²) in [6.07, 6.45) is 0. The summed E-state index contributed by atoms with van der Waals surface area (Å²) in [5.74, 6) is -0.978. The van der Waals surface area contributed by atoms with Crippen LogP contribution >= 0.6 is 23.2 Å². The Morgan fingerprint density at radius 1 is 0.964 bits per heavy atom. The molecule has 0 atom stereocenters. The number of sulfonamides is 1. The molecule has 2 aromatic carbocycles. The molecule has 1 N–H and O–H groups in total. The molecule has 0 radical (unpaired) electrons. The molecule has 0 aliphatic carbocycles. The smallest absolute Gasteiger partial charge is 0.243 e. The van der Waals surface area contributed by atoms with Gasteiger partial charge in [-0.2, -0.15) is 4.31 Å². The van der Waals surface area contributed by atoms with Crippen LogP contribution in [0.4, 0.5) is 5.69 Å². The van der Waals surface area contributed by atoms with Crippen molar-refractivity contribution < 1.29 is 18.0 Å². The highest BCUT2D eigenvalue weighted by Crippen LogP contribution is 2.24. The molecule has 0 bridgehead atoms. The number of benzene rings is 2. The number of amides is 2. The zero-order valence-corrected chi connectivity index (χ0v) is 17.6. The first-order chi connectivity index (χ1) is 13.1. The number of likely N-dealkylation sites (N-methyl/N-ethyl adjacent to an activating group) is 2. The zero-order chi connectivity index (χ0) is 20.9. The second-order valence-corrected chi connectivity index (χ2v) is 8.86. The van der Waals surface area contributed by atoms with Gasteiger partial charge in [-0.05, 0) is 30.3 Å². The normalized spacial score (nSPS) is 11.3. The lowest BCUT2D eigenvalue weighted by molar-refractivity contribution is -0.133. The number of hydrogen-bond donors (Lipinski definition) is 1. The van der Waals surface area contributed by atoms with Crippen LogP contribution in [0.15, 0.2) is 53.4 Å². The first-order valence-electron chi connectivity index (χ1n) is 8.11. The molecule has 10 heteroatoms.